The zero-order valence-electron chi connectivity index (χ0n) is 13.0. The fourth-order valence-electron chi connectivity index (χ4n) is 2.97. The van der Waals surface area contributed by atoms with E-state index < -0.39 is 0 Å². The summed E-state index contributed by atoms with van der Waals surface area (Å²) in [4.78, 5) is 14.5. The lowest BCUT2D eigenvalue weighted by atomic mass is 10.1. The summed E-state index contributed by atoms with van der Waals surface area (Å²) in [5, 5.41) is 8.22. The number of halogens is 1. The van der Waals surface area contributed by atoms with Crippen LogP contribution in [0.4, 0.5) is 4.39 Å². The maximum absolute atomic E-state index is 13.0. The highest BCUT2D eigenvalue weighted by molar-refractivity contribution is 7.99. The lowest BCUT2D eigenvalue weighted by molar-refractivity contribution is -0.00197. The number of nitrogens with zero attached hydrogens (tertiary/aromatic N) is 4. The monoisotopic (exact) mass is 348 g/mol. The van der Waals surface area contributed by atoms with Crippen molar-refractivity contribution in [3.8, 4) is 0 Å². The normalized spacial score (nSPS) is 20.7. The average molecular weight is 348 g/mol. The van der Waals surface area contributed by atoms with Gasteiger partial charge in [-0.15, -0.1) is 5.10 Å². The molecule has 0 N–H and O–H groups in total. The predicted octanol–water partition coefficient (Wildman–Crippen LogP) is 1.88. The van der Waals surface area contributed by atoms with Crippen LogP contribution in [0.2, 0.25) is 0 Å². The van der Waals surface area contributed by atoms with Gasteiger partial charge in [0, 0.05) is 24.6 Å². The highest BCUT2D eigenvalue weighted by atomic mass is 32.2. The number of thioether (sulfide) groups is 1. The second-order valence-corrected chi connectivity index (χ2v) is 7.05. The van der Waals surface area contributed by atoms with E-state index in [9.17, 15) is 9.18 Å². The summed E-state index contributed by atoms with van der Waals surface area (Å²) in [7, 11) is 0. The largest absolute Gasteiger partial charge is 0.365 e. The molecule has 1 aromatic heterocycles. The molecule has 1 unspecified atom stereocenters. The standard InChI is InChI=1S/C16H17FN4O2S/c17-12-3-1-11(2-4-12)14-9-21-13(10-23-14)15(18-19-21)16(22)20-5-7-24-8-6-20/h1-4,14H,5-10H2. The van der Waals surface area contributed by atoms with Gasteiger partial charge in [0.1, 0.15) is 11.9 Å². The van der Waals surface area contributed by atoms with Crippen molar-refractivity contribution in [3.63, 3.8) is 0 Å². The number of carbonyl (C=O) groups is 1. The van der Waals surface area contributed by atoms with Crippen LogP contribution in [0.1, 0.15) is 27.8 Å². The van der Waals surface area contributed by atoms with Crippen molar-refractivity contribution >= 4 is 17.7 Å². The van der Waals surface area contributed by atoms with Gasteiger partial charge >= 0.3 is 0 Å². The van der Waals surface area contributed by atoms with Gasteiger partial charge in [-0.3, -0.25) is 4.79 Å². The number of carbonyl (C=O) groups excluding carboxylic acids is 1. The van der Waals surface area contributed by atoms with Gasteiger partial charge in [0.2, 0.25) is 0 Å². The van der Waals surface area contributed by atoms with Crippen LogP contribution in [0.5, 0.6) is 0 Å². The topological polar surface area (TPSA) is 60.3 Å². The molecule has 0 saturated carbocycles. The molecule has 6 nitrogen and oxygen atoms in total. The number of hydrogen-bond acceptors (Lipinski definition) is 5. The van der Waals surface area contributed by atoms with Crippen molar-refractivity contribution in [1.82, 2.24) is 19.9 Å². The molecule has 1 aromatic carbocycles. The Hall–Kier alpha value is -1.93. The number of aromatic nitrogens is 3. The van der Waals surface area contributed by atoms with Crippen LogP contribution in [-0.2, 0) is 17.9 Å². The second kappa shape index (κ2) is 6.52. The molecule has 3 heterocycles. The Labute approximate surface area is 143 Å². The van der Waals surface area contributed by atoms with Crippen molar-refractivity contribution < 1.29 is 13.9 Å². The summed E-state index contributed by atoms with van der Waals surface area (Å²) in [6.07, 6.45) is -0.214. The van der Waals surface area contributed by atoms with E-state index >= 15 is 0 Å². The summed E-state index contributed by atoms with van der Waals surface area (Å²) < 4.78 is 20.6. The van der Waals surface area contributed by atoms with Gasteiger partial charge in [-0.05, 0) is 17.7 Å². The van der Waals surface area contributed by atoms with Gasteiger partial charge in [-0.1, -0.05) is 17.3 Å². The number of amides is 1. The SMILES string of the molecule is O=C(c1nnn2c1COC(c1ccc(F)cc1)C2)N1CCSCC1. The van der Waals surface area contributed by atoms with Crippen molar-refractivity contribution in [2.24, 2.45) is 0 Å². The molecule has 2 aliphatic rings. The van der Waals surface area contributed by atoms with E-state index in [0.29, 0.717) is 12.2 Å². The molecular formula is C16H17FN4O2S. The minimum Gasteiger partial charge on any atom is -0.365 e. The molecule has 1 atom stereocenters. The molecule has 24 heavy (non-hydrogen) atoms. The van der Waals surface area contributed by atoms with Crippen molar-refractivity contribution in [2.75, 3.05) is 24.6 Å². The summed E-state index contributed by atoms with van der Waals surface area (Å²) in [5.41, 5.74) is 1.99. The summed E-state index contributed by atoms with van der Waals surface area (Å²) in [6, 6.07) is 6.25. The Morgan fingerprint density at radius 1 is 1.25 bits per heavy atom. The van der Waals surface area contributed by atoms with Gasteiger partial charge < -0.3 is 9.64 Å². The summed E-state index contributed by atoms with van der Waals surface area (Å²) in [6.45, 7) is 2.24. The average Bonchev–Trinajstić information content (AvgIpc) is 3.05. The van der Waals surface area contributed by atoms with E-state index in [4.69, 9.17) is 4.74 Å². The minimum atomic E-state index is -0.274. The maximum atomic E-state index is 13.0. The van der Waals surface area contributed by atoms with E-state index in [1.54, 1.807) is 16.8 Å². The van der Waals surface area contributed by atoms with Crippen molar-refractivity contribution in [1.29, 1.82) is 0 Å². The lowest BCUT2D eigenvalue weighted by Crippen LogP contribution is -2.38. The summed E-state index contributed by atoms with van der Waals surface area (Å²) >= 11 is 1.85. The third-order valence-corrected chi connectivity index (χ3v) is 5.28. The summed E-state index contributed by atoms with van der Waals surface area (Å²) in [5.74, 6) is 1.57. The molecule has 126 valence electrons. The van der Waals surface area contributed by atoms with Gasteiger partial charge in [0.05, 0.1) is 18.8 Å². The van der Waals surface area contributed by atoms with Crippen molar-refractivity contribution in [2.45, 2.75) is 19.3 Å². The molecule has 4 rings (SSSR count). The minimum absolute atomic E-state index is 0.0691. The molecule has 2 aliphatic heterocycles. The number of fused-ring (bicyclic) bond motifs is 1. The third kappa shape index (κ3) is 2.91. The molecule has 0 spiro atoms. The van der Waals surface area contributed by atoms with E-state index in [2.05, 4.69) is 10.3 Å². The van der Waals surface area contributed by atoms with Gasteiger partial charge in [0.25, 0.3) is 5.91 Å². The van der Waals surface area contributed by atoms with Crippen molar-refractivity contribution in [3.05, 3.63) is 47.0 Å². The first-order valence-electron chi connectivity index (χ1n) is 7.89. The van der Waals surface area contributed by atoms with Crippen LogP contribution in [0, 0.1) is 5.82 Å². The quantitative estimate of drug-likeness (QED) is 0.829. The Morgan fingerprint density at radius 2 is 2.00 bits per heavy atom. The van der Waals surface area contributed by atoms with E-state index in [-0.39, 0.29) is 24.4 Å². The van der Waals surface area contributed by atoms with Crippen LogP contribution in [0.15, 0.2) is 24.3 Å². The Bertz CT molecular complexity index is 743. The Morgan fingerprint density at radius 3 is 2.75 bits per heavy atom. The first kappa shape index (κ1) is 15.6. The molecule has 1 saturated heterocycles. The fourth-order valence-corrected chi connectivity index (χ4v) is 3.88. The van der Waals surface area contributed by atoms with E-state index in [0.717, 1.165) is 35.9 Å². The van der Waals surface area contributed by atoms with Gasteiger partial charge in [0.15, 0.2) is 5.69 Å². The number of ether oxygens (including phenoxy) is 1. The zero-order chi connectivity index (χ0) is 16.5. The van der Waals surface area contributed by atoms with Gasteiger partial charge in [-0.25, -0.2) is 9.07 Å². The lowest BCUT2D eigenvalue weighted by Gasteiger charge is -2.27. The third-order valence-electron chi connectivity index (χ3n) is 4.34. The zero-order valence-corrected chi connectivity index (χ0v) is 13.8. The van der Waals surface area contributed by atoms with Crippen LogP contribution in [0.3, 0.4) is 0 Å². The van der Waals surface area contributed by atoms with Crippen LogP contribution >= 0.6 is 11.8 Å². The first-order chi connectivity index (χ1) is 11.7. The smallest absolute Gasteiger partial charge is 0.276 e. The second-order valence-electron chi connectivity index (χ2n) is 5.82. The number of rotatable bonds is 2. The molecular weight excluding hydrogens is 331 g/mol. The van der Waals surface area contributed by atoms with Gasteiger partial charge in [-0.2, -0.15) is 11.8 Å². The van der Waals surface area contributed by atoms with E-state index in [1.165, 1.54) is 12.1 Å². The maximum Gasteiger partial charge on any atom is 0.276 e. The number of hydrogen-bond donors (Lipinski definition) is 0. The highest BCUT2D eigenvalue weighted by Gasteiger charge is 2.30. The predicted molar refractivity (Wildman–Crippen MR) is 87.2 cm³/mol. The number of benzene rings is 1. The van der Waals surface area contributed by atoms with E-state index in [1.807, 2.05) is 16.7 Å². The molecule has 0 bridgehead atoms. The molecule has 1 fully saturated rings. The first-order valence-corrected chi connectivity index (χ1v) is 9.04. The Balaban J connectivity index is 1.53. The fraction of sp³-hybridized carbons (Fsp3) is 0.438. The molecule has 0 aliphatic carbocycles. The molecule has 2 aromatic rings. The van der Waals surface area contributed by atoms with Crippen LogP contribution in [0.25, 0.3) is 0 Å². The van der Waals surface area contributed by atoms with Crippen LogP contribution in [-0.4, -0.2) is 50.4 Å². The van der Waals surface area contributed by atoms with Crippen LogP contribution < -0.4 is 0 Å². The molecule has 1 amide bonds. The highest BCUT2D eigenvalue weighted by Crippen LogP contribution is 2.27. The Kier molecular flexibility index (Phi) is 4.24. The molecule has 8 heteroatoms. The molecule has 0 radical (unpaired) electrons.